The number of methoxy groups -OCH3 is 2. The van der Waals surface area contributed by atoms with Gasteiger partial charge in [-0.05, 0) is 42.1 Å². The minimum Gasteiger partial charge on any atom is -0.467 e. The van der Waals surface area contributed by atoms with Gasteiger partial charge in [-0.3, -0.25) is 0 Å². The topological polar surface area (TPSA) is 74.2 Å². The highest BCUT2D eigenvalue weighted by atomic mass is 16.7. The Balaban J connectivity index is 1.71. The van der Waals surface area contributed by atoms with Gasteiger partial charge in [0, 0.05) is 18.4 Å². The average Bonchev–Trinajstić information content (AvgIpc) is 2.92. The summed E-state index contributed by atoms with van der Waals surface area (Å²) in [4.78, 5) is 12.9. The Kier molecular flexibility index (Phi) is 3.97. The van der Waals surface area contributed by atoms with Gasteiger partial charge in [0.15, 0.2) is 11.9 Å². The molecule has 0 aromatic carbocycles. The van der Waals surface area contributed by atoms with Gasteiger partial charge >= 0.3 is 5.97 Å². The number of aliphatic hydroxyl groups is 1. The molecule has 1 saturated carbocycles. The summed E-state index contributed by atoms with van der Waals surface area (Å²) in [5.74, 6) is 0.151. The standard InChI is InChI=1S/C22H30O6/c1-12-6-5-8-20(2)13(12)10-15-21-11-27-22(19(24)26-4,9-7-14(20)21)17(21)16(23)18(25-3)28-15/h5-7,9,12-18,23H,8,10-11H2,1-4H3/t12-,13+,14-,15-,16-,17-,18?,20+,21+,22-/m1/s1. The van der Waals surface area contributed by atoms with Crippen molar-refractivity contribution < 1.29 is 28.8 Å². The molecule has 28 heavy (non-hydrogen) atoms. The lowest BCUT2D eigenvalue weighted by molar-refractivity contribution is -0.320. The fourth-order valence-corrected chi connectivity index (χ4v) is 7.48. The van der Waals surface area contributed by atoms with Crippen LogP contribution in [0.1, 0.15) is 26.7 Å². The van der Waals surface area contributed by atoms with Crippen molar-refractivity contribution in [2.24, 2.45) is 34.5 Å². The van der Waals surface area contributed by atoms with E-state index in [-0.39, 0.29) is 17.4 Å². The molecule has 6 nitrogen and oxygen atoms in total. The number of esters is 1. The lowest BCUT2D eigenvalue weighted by Gasteiger charge is -2.65. The second kappa shape index (κ2) is 5.91. The number of fused-ring (bicyclic) bond motifs is 2. The average molecular weight is 390 g/mol. The highest BCUT2D eigenvalue weighted by Crippen LogP contribution is 2.71. The molecule has 154 valence electrons. The van der Waals surface area contributed by atoms with Gasteiger partial charge < -0.3 is 24.1 Å². The Bertz CT molecular complexity index is 747. The zero-order valence-corrected chi connectivity index (χ0v) is 17.0. The maximum absolute atomic E-state index is 12.9. The van der Waals surface area contributed by atoms with Crippen molar-refractivity contribution >= 4 is 5.97 Å². The first-order valence-corrected chi connectivity index (χ1v) is 10.3. The molecule has 1 spiro atoms. The molecule has 1 N–H and O–H groups in total. The van der Waals surface area contributed by atoms with E-state index in [9.17, 15) is 9.90 Å². The summed E-state index contributed by atoms with van der Waals surface area (Å²) in [6.07, 6.45) is 8.58. The largest absolute Gasteiger partial charge is 0.467 e. The van der Waals surface area contributed by atoms with Crippen molar-refractivity contribution in [1.29, 1.82) is 0 Å². The molecule has 0 aromatic heterocycles. The van der Waals surface area contributed by atoms with Gasteiger partial charge in [0.05, 0.1) is 19.8 Å². The number of rotatable bonds is 2. The molecular formula is C22H30O6. The minimum atomic E-state index is -1.28. The number of allylic oxidation sites excluding steroid dienone is 3. The van der Waals surface area contributed by atoms with Crippen molar-refractivity contribution in [2.45, 2.75) is 50.8 Å². The Labute approximate surface area is 165 Å². The van der Waals surface area contributed by atoms with Gasteiger partial charge in [0.2, 0.25) is 0 Å². The van der Waals surface area contributed by atoms with Crippen LogP contribution in [0.2, 0.25) is 0 Å². The first-order valence-electron chi connectivity index (χ1n) is 10.3. The van der Waals surface area contributed by atoms with Crippen molar-refractivity contribution in [3.05, 3.63) is 24.3 Å². The van der Waals surface area contributed by atoms with E-state index in [0.29, 0.717) is 18.4 Å². The molecule has 2 saturated heterocycles. The van der Waals surface area contributed by atoms with Crippen LogP contribution in [0, 0.1) is 34.5 Å². The third-order valence-corrected chi connectivity index (χ3v) is 8.63. The fraction of sp³-hybridized carbons (Fsp3) is 0.773. The maximum Gasteiger partial charge on any atom is 0.342 e. The molecule has 1 unspecified atom stereocenters. The summed E-state index contributed by atoms with van der Waals surface area (Å²) in [5, 5.41) is 11.3. The molecule has 0 radical (unpaired) electrons. The van der Waals surface area contributed by atoms with Gasteiger partial charge in [-0.1, -0.05) is 32.1 Å². The number of hydrogen-bond acceptors (Lipinski definition) is 6. The lowest BCUT2D eigenvalue weighted by atomic mass is 9.40. The van der Waals surface area contributed by atoms with Crippen LogP contribution in [0.5, 0.6) is 0 Å². The number of ether oxygens (including phenoxy) is 4. The number of hydrogen-bond donors (Lipinski definition) is 1. The van der Waals surface area contributed by atoms with Crippen molar-refractivity contribution in [3.63, 3.8) is 0 Å². The third-order valence-electron chi connectivity index (χ3n) is 8.63. The quantitative estimate of drug-likeness (QED) is 0.575. The predicted octanol–water partition coefficient (Wildman–Crippen LogP) is 2.07. The van der Waals surface area contributed by atoms with E-state index in [1.807, 2.05) is 6.08 Å². The number of carbonyl (C=O) groups is 1. The van der Waals surface area contributed by atoms with E-state index >= 15 is 0 Å². The second-order valence-electron chi connectivity index (χ2n) is 9.56. The summed E-state index contributed by atoms with van der Waals surface area (Å²) in [7, 11) is 2.91. The Morgan fingerprint density at radius 3 is 2.79 bits per heavy atom. The van der Waals surface area contributed by atoms with Crippen LogP contribution in [-0.2, 0) is 23.7 Å². The van der Waals surface area contributed by atoms with Crippen LogP contribution in [0.4, 0.5) is 0 Å². The van der Waals surface area contributed by atoms with Gasteiger partial charge in [-0.25, -0.2) is 4.79 Å². The molecule has 2 aliphatic heterocycles. The van der Waals surface area contributed by atoms with E-state index in [0.717, 1.165) is 12.8 Å². The van der Waals surface area contributed by atoms with E-state index in [2.05, 4.69) is 32.1 Å². The van der Waals surface area contributed by atoms with E-state index in [1.165, 1.54) is 14.2 Å². The molecule has 0 amide bonds. The molecule has 3 aliphatic carbocycles. The van der Waals surface area contributed by atoms with Crippen LogP contribution in [0.15, 0.2) is 24.3 Å². The maximum atomic E-state index is 12.9. The Morgan fingerprint density at radius 1 is 1.29 bits per heavy atom. The van der Waals surface area contributed by atoms with Crippen LogP contribution in [0.3, 0.4) is 0 Å². The van der Waals surface area contributed by atoms with E-state index < -0.39 is 35.3 Å². The zero-order chi connectivity index (χ0) is 19.9. The molecule has 10 atom stereocenters. The summed E-state index contributed by atoms with van der Waals surface area (Å²) < 4.78 is 23.2. The molecule has 5 rings (SSSR count). The molecule has 5 aliphatic rings. The lowest BCUT2D eigenvalue weighted by Crippen LogP contribution is -2.71. The Hall–Kier alpha value is -1.21. The van der Waals surface area contributed by atoms with Crippen LogP contribution < -0.4 is 0 Å². The Morgan fingerprint density at radius 2 is 2.07 bits per heavy atom. The van der Waals surface area contributed by atoms with Crippen molar-refractivity contribution in [2.75, 3.05) is 20.8 Å². The van der Waals surface area contributed by atoms with Gasteiger partial charge in [-0.2, -0.15) is 0 Å². The molecule has 6 heteroatoms. The monoisotopic (exact) mass is 390 g/mol. The molecule has 0 aromatic rings. The van der Waals surface area contributed by atoms with E-state index in [1.54, 1.807) is 0 Å². The molecule has 3 fully saturated rings. The van der Waals surface area contributed by atoms with Gasteiger partial charge in [0.25, 0.3) is 0 Å². The fourth-order valence-electron chi connectivity index (χ4n) is 7.48. The van der Waals surface area contributed by atoms with Gasteiger partial charge in [0.1, 0.15) is 6.10 Å². The second-order valence-corrected chi connectivity index (χ2v) is 9.56. The highest BCUT2D eigenvalue weighted by molar-refractivity contribution is 5.84. The molecular weight excluding hydrogens is 360 g/mol. The van der Waals surface area contributed by atoms with Crippen LogP contribution >= 0.6 is 0 Å². The number of carbonyl (C=O) groups excluding carboxylic acids is 1. The minimum absolute atomic E-state index is 0.0262. The molecule has 2 bridgehead atoms. The predicted molar refractivity (Wildman–Crippen MR) is 100 cm³/mol. The first kappa shape index (κ1) is 18.8. The van der Waals surface area contributed by atoms with Gasteiger partial charge in [-0.15, -0.1) is 0 Å². The summed E-state index contributed by atoms with van der Waals surface area (Å²) in [6, 6.07) is 0. The van der Waals surface area contributed by atoms with Crippen LogP contribution in [0.25, 0.3) is 0 Å². The van der Waals surface area contributed by atoms with Crippen molar-refractivity contribution in [3.8, 4) is 0 Å². The van der Waals surface area contributed by atoms with Crippen molar-refractivity contribution in [1.82, 2.24) is 0 Å². The highest BCUT2D eigenvalue weighted by Gasteiger charge is 2.77. The summed E-state index contributed by atoms with van der Waals surface area (Å²) in [6.45, 7) is 5.01. The summed E-state index contributed by atoms with van der Waals surface area (Å²) in [5.41, 5.74) is -1.71. The van der Waals surface area contributed by atoms with E-state index in [4.69, 9.17) is 18.9 Å². The zero-order valence-electron chi connectivity index (χ0n) is 17.0. The SMILES string of the molecule is COC(=O)[C@@]12C=C[C@@H]3[C@@]4(C)CC=C[C@@H](C)[C@@H]4C[C@H]4OC(OC)[C@H](O)[C@@H]1[C@@]34CO2. The van der Waals surface area contributed by atoms with Crippen LogP contribution in [-0.4, -0.2) is 56.0 Å². The summed E-state index contributed by atoms with van der Waals surface area (Å²) >= 11 is 0. The first-order chi connectivity index (χ1) is 13.3. The number of aliphatic hydroxyl groups excluding tert-OH is 1. The molecule has 2 heterocycles. The normalized spacial score (nSPS) is 56.1. The third kappa shape index (κ3) is 1.95. The smallest absolute Gasteiger partial charge is 0.342 e.